The van der Waals surface area contributed by atoms with Crippen molar-refractivity contribution >= 4 is 28.3 Å². The summed E-state index contributed by atoms with van der Waals surface area (Å²) >= 11 is 0. The number of piperidine rings is 1. The van der Waals surface area contributed by atoms with Gasteiger partial charge in [-0.05, 0) is 49.4 Å². The minimum atomic E-state index is -1.09. The van der Waals surface area contributed by atoms with Crippen LogP contribution in [0, 0.1) is 11.7 Å². The molecule has 1 atom stereocenters. The zero-order valence-electron chi connectivity index (χ0n) is 17.8. The van der Waals surface area contributed by atoms with Crippen molar-refractivity contribution in [3.63, 3.8) is 0 Å². The highest BCUT2D eigenvalue weighted by Crippen LogP contribution is 2.41. The summed E-state index contributed by atoms with van der Waals surface area (Å²) in [7, 11) is -1.09. The molecule has 2 fully saturated rings. The Bertz CT molecular complexity index is 1140. The maximum atomic E-state index is 13.5. The average Bonchev–Trinajstić information content (AvgIpc) is 3.29. The van der Waals surface area contributed by atoms with Gasteiger partial charge in [0.25, 0.3) is 0 Å². The number of aliphatic hydroxyl groups excluding tert-OH is 1. The molecule has 168 valence electrons. The summed E-state index contributed by atoms with van der Waals surface area (Å²) in [5.74, 6) is 2.03. The van der Waals surface area contributed by atoms with E-state index >= 15 is 0 Å². The van der Waals surface area contributed by atoms with E-state index in [9.17, 15) is 13.7 Å². The van der Waals surface area contributed by atoms with Gasteiger partial charge in [0.1, 0.15) is 16.5 Å². The standard InChI is InChI=1S/C23H26FN5O2S/c24-16-1-2-17-15(11-16)12-25-19(17)14-3-8-29(9-4-14)22-26-18-5-10-32(31)20(18)21(27-22)28-23(13-30)6-7-23/h1-2,11,14,30H,3-10,12-13H2,(H,26,27,28). The van der Waals surface area contributed by atoms with Crippen molar-refractivity contribution in [2.45, 2.75) is 49.1 Å². The lowest BCUT2D eigenvalue weighted by atomic mass is 9.88. The van der Waals surface area contributed by atoms with E-state index < -0.39 is 10.8 Å². The Morgan fingerprint density at radius 3 is 2.81 bits per heavy atom. The van der Waals surface area contributed by atoms with E-state index in [1.165, 1.54) is 6.07 Å². The fraction of sp³-hybridized carbons (Fsp3) is 0.522. The summed E-state index contributed by atoms with van der Waals surface area (Å²) in [5, 5.41) is 13.1. The van der Waals surface area contributed by atoms with Crippen molar-refractivity contribution in [1.82, 2.24) is 9.97 Å². The molecule has 4 heterocycles. The van der Waals surface area contributed by atoms with E-state index in [4.69, 9.17) is 15.0 Å². The Morgan fingerprint density at radius 1 is 1.25 bits per heavy atom. The number of anilines is 2. The van der Waals surface area contributed by atoms with E-state index in [1.807, 2.05) is 6.07 Å². The third kappa shape index (κ3) is 3.42. The first-order valence-corrected chi connectivity index (χ1v) is 12.6. The number of aromatic nitrogens is 2. The Balaban J connectivity index is 1.21. The van der Waals surface area contributed by atoms with Crippen LogP contribution in [0.3, 0.4) is 0 Å². The van der Waals surface area contributed by atoms with Crippen LogP contribution in [0.4, 0.5) is 16.2 Å². The van der Waals surface area contributed by atoms with Crippen LogP contribution in [0.1, 0.15) is 42.5 Å². The highest BCUT2D eigenvalue weighted by molar-refractivity contribution is 7.85. The van der Waals surface area contributed by atoms with Crippen LogP contribution in [0.25, 0.3) is 0 Å². The van der Waals surface area contributed by atoms with Crippen LogP contribution in [-0.4, -0.2) is 56.0 Å². The van der Waals surface area contributed by atoms with Gasteiger partial charge in [0.2, 0.25) is 5.95 Å². The molecule has 1 aromatic heterocycles. The van der Waals surface area contributed by atoms with Crippen LogP contribution in [-0.2, 0) is 23.8 Å². The van der Waals surface area contributed by atoms with Gasteiger partial charge in [0.15, 0.2) is 0 Å². The smallest absolute Gasteiger partial charge is 0.227 e. The molecular formula is C23H26FN5O2S. The van der Waals surface area contributed by atoms with Gasteiger partial charge in [-0.3, -0.25) is 9.20 Å². The largest absolute Gasteiger partial charge is 0.394 e. The van der Waals surface area contributed by atoms with Crippen molar-refractivity contribution in [2.24, 2.45) is 10.9 Å². The molecule has 9 heteroatoms. The molecule has 32 heavy (non-hydrogen) atoms. The molecule has 2 N–H and O–H groups in total. The first-order chi connectivity index (χ1) is 15.5. The predicted octanol–water partition coefficient (Wildman–Crippen LogP) is 2.44. The number of nitrogens with zero attached hydrogens (tertiary/aromatic N) is 4. The van der Waals surface area contributed by atoms with Gasteiger partial charge < -0.3 is 15.3 Å². The fourth-order valence-corrected chi connectivity index (χ4v) is 6.34. The van der Waals surface area contributed by atoms with Crippen molar-refractivity contribution in [3.8, 4) is 0 Å². The first kappa shape index (κ1) is 20.2. The van der Waals surface area contributed by atoms with Crippen molar-refractivity contribution in [2.75, 3.05) is 35.7 Å². The summed E-state index contributed by atoms with van der Waals surface area (Å²) in [6.45, 7) is 2.24. The number of rotatable bonds is 5. The van der Waals surface area contributed by atoms with E-state index in [0.29, 0.717) is 41.3 Å². The minimum Gasteiger partial charge on any atom is -0.394 e. The third-order valence-corrected chi connectivity index (χ3v) is 8.60. The van der Waals surface area contributed by atoms with Gasteiger partial charge in [0, 0.05) is 42.5 Å². The fourth-order valence-electron chi connectivity index (χ4n) is 5.04. The van der Waals surface area contributed by atoms with Crippen molar-refractivity contribution < 1.29 is 13.7 Å². The van der Waals surface area contributed by atoms with Gasteiger partial charge in [-0.15, -0.1) is 0 Å². The highest BCUT2D eigenvalue weighted by atomic mass is 32.2. The van der Waals surface area contributed by atoms with Gasteiger partial charge >= 0.3 is 0 Å². The molecule has 1 aromatic carbocycles. The molecule has 4 aliphatic rings. The molecule has 7 nitrogen and oxygen atoms in total. The zero-order valence-corrected chi connectivity index (χ0v) is 18.6. The molecular weight excluding hydrogens is 429 g/mol. The number of nitrogens with one attached hydrogen (secondary N) is 1. The maximum absolute atomic E-state index is 13.5. The molecule has 6 rings (SSSR count). The van der Waals surface area contributed by atoms with Crippen LogP contribution in [0.5, 0.6) is 0 Å². The minimum absolute atomic E-state index is 0.0482. The van der Waals surface area contributed by atoms with E-state index in [0.717, 1.165) is 61.3 Å². The van der Waals surface area contributed by atoms with Gasteiger partial charge in [-0.1, -0.05) is 0 Å². The molecule has 0 radical (unpaired) electrons. The molecule has 0 bridgehead atoms. The predicted molar refractivity (Wildman–Crippen MR) is 121 cm³/mol. The Kier molecular flexibility index (Phi) is 4.80. The quantitative estimate of drug-likeness (QED) is 0.720. The second kappa shape index (κ2) is 7.59. The Hall–Kier alpha value is -2.39. The molecule has 2 aromatic rings. The summed E-state index contributed by atoms with van der Waals surface area (Å²) in [6, 6.07) is 4.97. The van der Waals surface area contributed by atoms with Gasteiger partial charge in [0.05, 0.1) is 35.2 Å². The number of fused-ring (bicyclic) bond motifs is 2. The van der Waals surface area contributed by atoms with Crippen molar-refractivity contribution in [1.29, 1.82) is 0 Å². The molecule has 3 aliphatic heterocycles. The molecule has 1 saturated carbocycles. The van der Waals surface area contributed by atoms with Crippen molar-refractivity contribution in [3.05, 3.63) is 40.8 Å². The number of aliphatic hydroxyl groups is 1. The molecule has 1 aliphatic carbocycles. The van der Waals surface area contributed by atoms with Crippen LogP contribution in [0.2, 0.25) is 0 Å². The molecule has 1 unspecified atom stereocenters. The SMILES string of the molecule is O=S1CCc2nc(N3CCC(C4=NCc5cc(F)ccc54)CC3)nc(NC3(CO)CC3)c21. The number of benzene rings is 1. The van der Waals surface area contributed by atoms with Gasteiger partial charge in [-0.2, -0.15) is 4.98 Å². The van der Waals surface area contributed by atoms with E-state index in [2.05, 4.69) is 10.2 Å². The second-order valence-electron chi connectivity index (χ2n) is 9.28. The van der Waals surface area contributed by atoms with Crippen LogP contribution in [0.15, 0.2) is 28.1 Å². The third-order valence-electron chi connectivity index (χ3n) is 7.14. The highest BCUT2D eigenvalue weighted by Gasteiger charge is 2.44. The monoisotopic (exact) mass is 455 g/mol. The first-order valence-electron chi connectivity index (χ1n) is 11.3. The van der Waals surface area contributed by atoms with Gasteiger partial charge in [-0.25, -0.2) is 9.37 Å². The average molecular weight is 456 g/mol. The Labute approximate surface area is 188 Å². The number of aliphatic imine (C=N–C) groups is 1. The summed E-state index contributed by atoms with van der Waals surface area (Å²) in [6.07, 6.45) is 4.35. The molecule has 0 spiro atoms. The molecule has 1 saturated heterocycles. The van der Waals surface area contributed by atoms with E-state index in [-0.39, 0.29) is 18.0 Å². The second-order valence-corrected chi connectivity index (χ2v) is 10.8. The van der Waals surface area contributed by atoms with Crippen LogP contribution < -0.4 is 10.2 Å². The number of hydrogen-bond donors (Lipinski definition) is 2. The summed E-state index contributed by atoms with van der Waals surface area (Å²) < 4.78 is 26.1. The summed E-state index contributed by atoms with van der Waals surface area (Å²) in [4.78, 5) is 17.2. The lowest BCUT2D eigenvalue weighted by Crippen LogP contribution is -2.38. The summed E-state index contributed by atoms with van der Waals surface area (Å²) in [5.41, 5.74) is 3.71. The topological polar surface area (TPSA) is 90.7 Å². The lowest BCUT2D eigenvalue weighted by Gasteiger charge is -2.33. The Morgan fingerprint density at radius 2 is 2.06 bits per heavy atom. The maximum Gasteiger partial charge on any atom is 0.227 e. The normalized spacial score (nSPS) is 23.6. The van der Waals surface area contributed by atoms with Crippen LogP contribution >= 0.6 is 0 Å². The lowest BCUT2D eigenvalue weighted by molar-refractivity contribution is 0.265. The number of hydrogen-bond acceptors (Lipinski definition) is 7. The zero-order chi connectivity index (χ0) is 21.9. The number of halogens is 1. The van der Waals surface area contributed by atoms with E-state index in [1.54, 1.807) is 6.07 Å². The molecule has 0 amide bonds. The number of aryl methyl sites for hydroxylation is 1.